The molecule has 0 bridgehead atoms. The summed E-state index contributed by atoms with van der Waals surface area (Å²) in [6, 6.07) is 24.1. The van der Waals surface area contributed by atoms with Crippen molar-refractivity contribution in [2.24, 2.45) is 0 Å². The van der Waals surface area contributed by atoms with Gasteiger partial charge in [0.2, 0.25) is 0 Å². The van der Waals surface area contributed by atoms with Crippen LogP contribution in [0.2, 0.25) is 0 Å². The molecule has 1 amide bonds. The van der Waals surface area contributed by atoms with Crippen LogP contribution in [0.15, 0.2) is 91.4 Å². The van der Waals surface area contributed by atoms with Gasteiger partial charge < -0.3 is 9.88 Å². The highest BCUT2D eigenvalue weighted by Gasteiger charge is 2.28. The molecule has 5 rings (SSSR count). The molecular weight excluding hydrogens is 374 g/mol. The Labute approximate surface area is 174 Å². The predicted molar refractivity (Wildman–Crippen MR) is 114 cm³/mol. The molecule has 0 radical (unpaired) electrons. The Balaban J connectivity index is 1.34. The number of imidazole rings is 1. The molecule has 1 aromatic heterocycles. The third kappa shape index (κ3) is 3.10. The van der Waals surface area contributed by atoms with Gasteiger partial charge >= 0.3 is 0 Å². The largest absolute Gasteiger partial charge is 0.350 e. The highest BCUT2D eigenvalue weighted by molar-refractivity contribution is 6.10. The first-order chi connectivity index (χ1) is 14.7. The molecule has 1 unspecified atom stereocenters. The van der Waals surface area contributed by atoms with Crippen LogP contribution in [0.5, 0.6) is 0 Å². The minimum Gasteiger partial charge on any atom is -0.350 e. The lowest BCUT2D eigenvalue weighted by Gasteiger charge is -2.16. The van der Waals surface area contributed by atoms with Gasteiger partial charge in [-0.3, -0.25) is 9.59 Å². The minimum absolute atomic E-state index is 0.00298. The van der Waals surface area contributed by atoms with Crippen LogP contribution in [-0.2, 0) is 0 Å². The minimum atomic E-state index is -0.205. The Bertz CT molecular complexity index is 1240. The number of ketones is 1. The van der Waals surface area contributed by atoms with Gasteiger partial charge in [-0.15, -0.1) is 0 Å². The fraction of sp³-hybridized carbons (Fsp3) is 0.0800. The van der Waals surface area contributed by atoms with Crippen LogP contribution < -0.4 is 5.32 Å². The number of hydrogen-bond donors (Lipinski definition) is 1. The zero-order valence-electron chi connectivity index (χ0n) is 16.2. The van der Waals surface area contributed by atoms with Gasteiger partial charge in [0.25, 0.3) is 5.91 Å². The van der Waals surface area contributed by atoms with Gasteiger partial charge in [0, 0.05) is 28.8 Å². The summed E-state index contributed by atoms with van der Waals surface area (Å²) in [5, 5.41) is 3.02. The lowest BCUT2D eigenvalue weighted by Crippen LogP contribution is -2.30. The van der Waals surface area contributed by atoms with E-state index in [1.54, 1.807) is 42.7 Å². The first kappa shape index (κ1) is 18.1. The Morgan fingerprint density at radius 1 is 0.867 bits per heavy atom. The average Bonchev–Trinajstić information content (AvgIpc) is 3.39. The number of carbonyl (C=O) groups is 2. The molecule has 0 aliphatic carbocycles. The molecule has 1 atom stereocenters. The van der Waals surface area contributed by atoms with Crippen molar-refractivity contribution in [3.8, 4) is 11.3 Å². The summed E-state index contributed by atoms with van der Waals surface area (Å²) in [5.41, 5.74) is 4.93. The Hall–Kier alpha value is -3.99. The third-order valence-electron chi connectivity index (χ3n) is 5.48. The fourth-order valence-corrected chi connectivity index (χ4v) is 3.99. The number of amides is 1. The Kier molecular flexibility index (Phi) is 4.48. The van der Waals surface area contributed by atoms with Gasteiger partial charge in [0.05, 0.1) is 24.3 Å². The molecule has 1 aliphatic rings. The second-order valence-corrected chi connectivity index (χ2v) is 7.28. The first-order valence-electron chi connectivity index (χ1n) is 9.81. The molecule has 30 heavy (non-hydrogen) atoms. The molecule has 1 aliphatic heterocycles. The summed E-state index contributed by atoms with van der Waals surface area (Å²) in [5.74, 6) is -0.304. The standard InChI is InChI=1S/C25H19N3O2/c29-24(17-7-2-1-3-8-17)18-9-6-10-19(13-18)25(30)27-15-23-21-12-5-4-11-20(21)22-14-26-16-28(22)23/h1-14,16,23H,15H2,(H,27,30). The van der Waals surface area contributed by atoms with Gasteiger partial charge in [0.15, 0.2) is 5.78 Å². The van der Waals surface area contributed by atoms with Crippen LogP contribution in [0.4, 0.5) is 0 Å². The maximum atomic E-state index is 12.8. The van der Waals surface area contributed by atoms with Crippen molar-refractivity contribution >= 4 is 11.7 Å². The van der Waals surface area contributed by atoms with Gasteiger partial charge in [0.1, 0.15) is 0 Å². The van der Waals surface area contributed by atoms with E-state index in [4.69, 9.17) is 0 Å². The van der Waals surface area contributed by atoms with E-state index < -0.39 is 0 Å². The highest BCUT2D eigenvalue weighted by Crippen LogP contribution is 2.38. The second-order valence-electron chi connectivity index (χ2n) is 7.28. The van der Waals surface area contributed by atoms with E-state index in [9.17, 15) is 9.59 Å². The van der Waals surface area contributed by atoms with Crippen molar-refractivity contribution in [3.63, 3.8) is 0 Å². The summed E-state index contributed by atoms with van der Waals surface area (Å²) in [6.45, 7) is 0.441. The van der Waals surface area contributed by atoms with E-state index in [1.165, 1.54) is 5.56 Å². The number of nitrogens with one attached hydrogen (secondary N) is 1. The molecule has 0 fully saturated rings. The normalized spacial score (nSPS) is 14.1. The maximum Gasteiger partial charge on any atom is 0.251 e. The first-order valence-corrected chi connectivity index (χ1v) is 9.81. The number of carbonyl (C=O) groups excluding carboxylic acids is 2. The van der Waals surface area contributed by atoms with Crippen molar-refractivity contribution in [2.75, 3.05) is 6.54 Å². The van der Waals surface area contributed by atoms with Crippen LogP contribution >= 0.6 is 0 Å². The molecule has 5 nitrogen and oxygen atoms in total. The lowest BCUT2D eigenvalue weighted by molar-refractivity contribution is 0.0950. The zero-order valence-corrected chi connectivity index (χ0v) is 16.2. The monoisotopic (exact) mass is 393 g/mol. The van der Waals surface area contributed by atoms with Crippen molar-refractivity contribution in [2.45, 2.75) is 6.04 Å². The van der Waals surface area contributed by atoms with E-state index in [2.05, 4.69) is 27.0 Å². The number of nitrogens with zero attached hydrogens (tertiary/aromatic N) is 2. The molecule has 0 spiro atoms. The zero-order chi connectivity index (χ0) is 20.5. The fourth-order valence-electron chi connectivity index (χ4n) is 3.99. The van der Waals surface area contributed by atoms with Crippen molar-refractivity contribution in [3.05, 3.63) is 114 Å². The summed E-state index contributed by atoms with van der Waals surface area (Å²) in [6.07, 6.45) is 3.64. The molecule has 0 saturated carbocycles. The van der Waals surface area contributed by atoms with Gasteiger partial charge in [-0.05, 0) is 17.7 Å². The second kappa shape index (κ2) is 7.44. The van der Waals surface area contributed by atoms with E-state index in [0.717, 1.165) is 11.3 Å². The lowest BCUT2D eigenvalue weighted by atomic mass is 10.0. The van der Waals surface area contributed by atoms with Gasteiger partial charge in [-0.2, -0.15) is 0 Å². The summed E-state index contributed by atoms with van der Waals surface area (Å²) >= 11 is 0. The summed E-state index contributed by atoms with van der Waals surface area (Å²) in [4.78, 5) is 29.8. The van der Waals surface area contributed by atoms with Gasteiger partial charge in [-0.25, -0.2) is 4.98 Å². The summed E-state index contributed by atoms with van der Waals surface area (Å²) < 4.78 is 2.08. The van der Waals surface area contributed by atoms with Crippen LogP contribution in [0.1, 0.15) is 37.9 Å². The van der Waals surface area contributed by atoms with Gasteiger partial charge in [-0.1, -0.05) is 66.7 Å². The number of benzene rings is 3. The molecule has 5 heteroatoms. The smallest absolute Gasteiger partial charge is 0.251 e. The number of fused-ring (bicyclic) bond motifs is 3. The molecular formula is C25H19N3O2. The quantitative estimate of drug-likeness (QED) is 0.519. The van der Waals surface area contributed by atoms with E-state index in [1.807, 2.05) is 36.5 Å². The van der Waals surface area contributed by atoms with Crippen LogP contribution in [-0.4, -0.2) is 27.8 Å². The third-order valence-corrected chi connectivity index (χ3v) is 5.48. The molecule has 0 saturated heterocycles. The molecule has 4 aromatic rings. The number of hydrogen-bond acceptors (Lipinski definition) is 3. The van der Waals surface area contributed by atoms with E-state index in [-0.39, 0.29) is 17.7 Å². The highest BCUT2D eigenvalue weighted by atomic mass is 16.1. The van der Waals surface area contributed by atoms with Crippen LogP contribution in [0.3, 0.4) is 0 Å². The molecule has 146 valence electrons. The SMILES string of the molecule is O=C(NCC1c2ccccc2-c2cncn21)c1cccc(C(=O)c2ccccc2)c1. The van der Waals surface area contributed by atoms with E-state index >= 15 is 0 Å². The number of rotatable bonds is 5. The maximum absolute atomic E-state index is 12.8. The van der Waals surface area contributed by atoms with E-state index in [0.29, 0.717) is 23.2 Å². The number of aromatic nitrogens is 2. The summed E-state index contributed by atoms with van der Waals surface area (Å²) in [7, 11) is 0. The van der Waals surface area contributed by atoms with Crippen LogP contribution in [0, 0.1) is 0 Å². The molecule has 3 aromatic carbocycles. The molecule has 2 heterocycles. The predicted octanol–water partition coefficient (Wildman–Crippen LogP) is 4.11. The molecule has 1 N–H and O–H groups in total. The van der Waals surface area contributed by atoms with Crippen molar-refractivity contribution in [1.82, 2.24) is 14.9 Å². The van der Waals surface area contributed by atoms with Crippen LogP contribution in [0.25, 0.3) is 11.3 Å². The average molecular weight is 393 g/mol. The Morgan fingerprint density at radius 2 is 1.60 bits per heavy atom. The Morgan fingerprint density at radius 3 is 2.47 bits per heavy atom. The van der Waals surface area contributed by atoms with Crippen molar-refractivity contribution < 1.29 is 9.59 Å². The topological polar surface area (TPSA) is 64.0 Å². The van der Waals surface area contributed by atoms with Crippen molar-refractivity contribution in [1.29, 1.82) is 0 Å².